The lowest BCUT2D eigenvalue weighted by atomic mass is 10.3. The van der Waals surface area contributed by atoms with Crippen LogP contribution in [0, 0.1) is 0 Å². The van der Waals surface area contributed by atoms with E-state index in [2.05, 4.69) is 26.5 Å². The summed E-state index contributed by atoms with van der Waals surface area (Å²) in [5.41, 5.74) is 0.726. The summed E-state index contributed by atoms with van der Waals surface area (Å²) in [5.74, 6) is 0.608. The number of benzene rings is 1. The Bertz CT molecular complexity index is 454. The van der Waals surface area contributed by atoms with Crippen molar-refractivity contribution in [2.45, 2.75) is 19.6 Å². The minimum absolute atomic E-state index is 0.00603. The Morgan fingerprint density at radius 1 is 1.27 bits per heavy atom. The van der Waals surface area contributed by atoms with Gasteiger partial charge in [0.25, 0.3) is 0 Å². The van der Waals surface area contributed by atoms with E-state index >= 15 is 0 Å². The molecule has 0 radical (unpaired) electrons. The summed E-state index contributed by atoms with van der Waals surface area (Å²) < 4.78 is 11.1. The fourth-order valence-electron chi connectivity index (χ4n) is 1.70. The van der Waals surface area contributed by atoms with Crippen molar-refractivity contribution >= 4 is 11.6 Å². The third-order valence-electron chi connectivity index (χ3n) is 2.90. The van der Waals surface area contributed by atoms with Gasteiger partial charge < -0.3 is 24.4 Å². The third kappa shape index (κ3) is 7.97. The molecule has 1 atom stereocenters. The van der Waals surface area contributed by atoms with Crippen LogP contribution in [0.3, 0.4) is 0 Å². The van der Waals surface area contributed by atoms with Crippen LogP contribution in [0.2, 0.25) is 0 Å². The zero-order valence-corrected chi connectivity index (χ0v) is 13.8. The van der Waals surface area contributed by atoms with Gasteiger partial charge in [0, 0.05) is 12.3 Å². The van der Waals surface area contributed by atoms with E-state index in [4.69, 9.17) is 9.47 Å². The molecule has 0 aliphatic heterocycles. The lowest BCUT2D eigenvalue weighted by Gasteiger charge is -2.23. The summed E-state index contributed by atoms with van der Waals surface area (Å²) in [6.45, 7) is 3.09. The molecule has 0 fully saturated rings. The Balaban J connectivity index is 2.39. The minimum Gasteiger partial charge on any atom is -0.488 e. The molecule has 124 valence electrons. The van der Waals surface area contributed by atoms with Crippen molar-refractivity contribution in [3.63, 3.8) is 0 Å². The molecule has 1 unspecified atom stereocenters. The Morgan fingerprint density at radius 2 is 1.91 bits per heavy atom. The zero-order valence-electron chi connectivity index (χ0n) is 13.8. The molecule has 0 heterocycles. The highest BCUT2D eigenvalue weighted by molar-refractivity contribution is 5.90. The number of aliphatic hydroxyl groups is 1. The van der Waals surface area contributed by atoms with E-state index < -0.39 is 6.29 Å². The second kappa shape index (κ2) is 8.73. The van der Waals surface area contributed by atoms with Crippen LogP contribution in [0.5, 0.6) is 5.75 Å². The molecule has 6 nitrogen and oxygen atoms in total. The largest absolute Gasteiger partial charge is 0.488 e. The number of hydrogen-bond donors (Lipinski definition) is 2. The number of nitrogens with zero attached hydrogens (tertiary/aromatic N) is 1. The first-order valence-corrected chi connectivity index (χ1v) is 7.43. The number of aliphatic hydroxyl groups excluding tert-OH is 1. The van der Waals surface area contributed by atoms with Crippen molar-refractivity contribution in [1.82, 2.24) is 0 Å². The van der Waals surface area contributed by atoms with Crippen molar-refractivity contribution in [2.24, 2.45) is 0 Å². The lowest BCUT2D eigenvalue weighted by molar-refractivity contribution is -0.869. The smallest absolute Gasteiger partial charge is 0.230 e. The first kappa shape index (κ1) is 18.4. The maximum atomic E-state index is 11.8. The molecule has 22 heavy (non-hydrogen) atoms. The summed E-state index contributed by atoms with van der Waals surface area (Å²) in [5, 5.41) is 12.3. The minimum atomic E-state index is -0.931. The molecule has 0 spiro atoms. The van der Waals surface area contributed by atoms with E-state index in [9.17, 15) is 9.90 Å². The van der Waals surface area contributed by atoms with Gasteiger partial charge in [-0.15, -0.1) is 0 Å². The van der Waals surface area contributed by atoms with Gasteiger partial charge in [-0.2, -0.15) is 0 Å². The molecule has 2 N–H and O–H groups in total. The molecule has 0 aliphatic carbocycles. The Kier molecular flexibility index (Phi) is 7.31. The van der Waals surface area contributed by atoms with Crippen molar-refractivity contribution in [3.8, 4) is 5.75 Å². The quantitative estimate of drug-likeness (QED) is 0.535. The number of rotatable bonds is 9. The molecule has 0 aliphatic rings. The monoisotopic (exact) mass is 311 g/mol. The first-order valence-electron chi connectivity index (χ1n) is 7.43. The molecular weight excluding hydrogens is 284 g/mol. The highest BCUT2D eigenvalue weighted by atomic mass is 16.6. The summed E-state index contributed by atoms with van der Waals surface area (Å²) in [6.07, 6.45) is -0.456. The van der Waals surface area contributed by atoms with Gasteiger partial charge in [-0.1, -0.05) is 0 Å². The Labute approximate surface area is 132 Å². The summed E-state index contributed by atoms with van der Waals surface area (Å²) in [6, 6.07) is 7.03. The molecular formula is C16H27N2O4+. The van der Waals surface area contributed by atoms with E-state index in [-0.39, 0.29) is 12.5 Å². The van der Waals surface area contributed by atoms with Crippen LogP contribution < -0.4 is 10.1 Å². The average Bonchev–Trinajstić information content (AvgIpc) is 2.44. The van der Waals surface area contributed by atoms with Crippen molar-refractivity contribution in [3.05, 3.63) is 24.3 Å². The number of hydrogen-bond acceptors (Lipinski definition) is 4. The summed E-state index contributed by atoms with van der Waals surface area (Å²) >= 11 is 0. The number of amides is 1. The maximum Gasteiger partial charge on any atom is 0.230 e. The number of carbonyl (C=O) groups excluding carboxylic acids is 1. The molecule has 0 saturated carbocycles. The second-order valence-electron chi connectivity index (χ2n) is 6.06. The van der Waals surface area contributed by atoms with E-state index in [1.165, 1.54) is 0 Å². The van der Waals surface area contributed by atoms with E-state index in [1.54, 1.807) is 31.2 Å². The highest BCUT2D eigenvalue weighted by Gasteiger charge is 2.11. The van der Waals surface area contributed by atoms with Crippen LogP contribution in [0.1, 0.15) is 13.3 Å². The number of ether oxygens (including phenoxy) is 2. The van der Waals surface area contributed by atoms with Gasteiger partial charge in [0.05, 0.1) is 34.1 Å². The number of nitrogens with one attached hydrogen (secondary N) is 1. The van der Waals surface area contributed by atoms with Crippen LogP contribution in [0.4, 0.5) is 5.69 Å². The van der Waals surface area contributed by atoms with Gasteiger partial charge in [-0.3, -0.25) is 4.79 Å². The fourth-order valence-corrected chi connectivity index (χ4v) is 1.70. The van der Waals surface area contributed by atoms with Crippen molar-refractivity contribution in [2.75, 3.05) is 46.2 Å². The van der Waals surface area contributed by atoms with Crippen LogP contribution in [-0.2, 0) is 9.53 Å². The fraction of sp³-hybridized carbons (Fsp3) is 0.562. The van der Waals surface area contributed by atoms with Gasteiger partial charge in [0.15, 0.2) is 6.29 Å². The average molecular weight is 311 g/mol. The molecule has 0 bridgehead atoms. The van der Waals surface area contributed by atoms with Gasteiger partial charge in [-0.25, -0.2) is 0 Å². The molecule has 1 aromatic carbocycles. The SMILES string of the molecule is CCOC(O)COc1ccc(NC(=O)CC[N+](C)(C)C)cc1. The van der Waals surface area contributed by atoms with Gasteiger partial charge >= 0.3 is 0 Å². The van der Waals surface area contributed by atoms with Crippen molar-refractivity contribution in [1.29, 1.82) is 0 Å². The van der Waals surface area contributed by atoms with E-state index in [0.717, 1.165) is 16.7 Å². The number of quaternary nitrogens is 1. The highest BCUT2D eigenvalue weighted by Crippen LogP contribution is 2.16. The Morgan fingerprint density at radius 3 is 2.45 bits per heavy atom. The first-order chi connectivity index (χ1) is 10.3. The standard InChI is InChI=1S/C16H26N2O4/c1-5-21-16(20)12-22-14-8-6-13(7-9-14)17-15(19)10-11-18(2,3)4/h6-9,16,20H,5,10-12H2,1-4H3/p+1. The molecule has 0 saturated heterocycles. The summed E-state index contributed by atoms with van der Waals surface area (Å²) in [7, 11) is 6.16. The lowest BCUT2D eigenvalue weighted by Crippen LogP contribution is -2.37. The third-order valence-corrected chi connectivity index (χ3v) is 2.90. The van der Waals surface area contributed by atoms with Crippen LogP contribution >= 0.6 is 0 Å². The van der Waals surface area contributed by atoms with E-state index in [0.29, 0.717) is 18.8 Å². The van der Waals surface area contributed by atoms with Crippen LogP contribution in [0.25, 0.3) is 0 Å². The van der Waals surface area contributed by atoms with E-state index in [1.807, 2.05) is 0 Å². The topological polar surface area (TPSA) is 67.8 Å². The van der Waals surface area contributed by atoms with Crippen LogP contribution in [-0.4, -0.2) is 62.7 Å². The predicted molar refractivity (Wildman–Crippen MR) is 85.7 cm³/mol. The number of carbonyl (C=O) groups is 1. The van der Waals surface area contributed by atoms with Gasteiger partial charge in [0.2, 0.25) is 5.91 Å². The molecule has 6 heteroatoms. The summed E-state index contributed by atoms with van der Waals surface area (Å²) in [4.78, 5) is 11.8. The molecule has 1 rings (SSSR count). The molecule has 0 aromatic heterocycles. The van der Waals surface area contributed by atoms with Gasteiger partial charge in [0.1, 0.15) is 12.4 Å². The number of anilines is 1. The van der Waals surface area contributed by atoms with Gasteiger partial charge in [-0.05, 0) is 31.2 Å². The Hall–Kier alpha value is -1.63. The predicted octanol–water partition coefficient (Wildman–Crippen LogP) is 1.46. The molecule has 1 aromatic rings. The maximum absolute atomic E-state index is 11.8. The second-order valence-corrected chi connectivity index (χ2v) is 6.06. The van der Waals surface area contributed by atoms with Crippen molar-refractivity contribution < 1.29 is 23.9 Å². The zero-order chi connectivity index (χ0) is 16.6. The normalized spacial score (nSPS) is 12.8. The molecule has 1 amide bonds. The van der Waals surface area contributed by atoms with Crippen LogP contribution in [0.15, 0.2) is 24.3 Å².